The first-order valence-electron chi connectivity index (χ1n) is 5.59. The molecule has 0 fully saturated rings. The van der Waals surface area contributed by atoms with Crippen molar-refractivity contribution < 1.29 is 9.59 Å². The minimum Gasteiger partial charge on any atom is -0.338 e. The van der Waals surface area contributed by atoms with Gasteiger partial charge in [-0.1, -0.05) is 48.7 Å². The number of hydrogen-bond donors (Lipinski definition) is 2. The molecule has 0 atom stereocenters. The zero-order valence-corrected chi connectivity index (χ0v) is 13.4. The summed E-state index contributed by atoms with van der Waals surface area (Å²) in [6, 6.07) is -0.457. The molecule has 9 heteroatoms. The SMILES string of the molecule is CSc1nnc(SCC(=O)NC(=O)NCC(C)C)s1. The maximum absolute atomic E-state index is 11.5. The highest BCUT2D eigenvalue weighted by molar-refractivity contribution is 8.03. The molecule has 1 aromatic heterocycles. The van der Waals surface area contributed by atoms with Gasteiger partial charge in [0.15, 0.2) is 8.68 Å². The number of carbonyl (C=O) groups is 2. The number of nitrogens with one attached hydrogen (secondary N) is 2. The van der Waals surface area contributed by atoms with Crippen LogP contribution in [-0.2, 0) is 4.79 Å². The Hall–Kier alpha value is -0.800. The molecule has 1 aromatic rings. The normalized spacial score (nSPS) is 10.5. The standard InChI is InChI=1S/C10H16N4O2S3/c1-6(2)4-11-8(16)12-7(15)5-18-10-14-13-9(17-3)19-10/h6H,4-5H2,1-3H3,(H2,11,12,15,16). The van der Waals surface area contributed by atoms with Gasteiger partial charge in [-0.25, -0.2) is 4.79 Å². The highest BCUT2D eigenvalue weighted by Crippen LogP contribution is 2.26. The molecule has 0 aromatic carbocycles. The Morgan fingerprint density at radius 3 is 2.58 bits per heavy atom. The second-order valence-electron chi connectivity index (χ2n) is 3.98. The van der Waals surface area contributed by atoms with Crippen LogP contribution in [0.4, 0.5) is 4.79 Å². The van der Waals surface area contributed by atoms with Crippen LogP contribution in [-0.4, -0.2) is 40.7 Å². The third-order valence-corrected chi connectivity index (χ3v) is 4.85. The smallest absolute Gasteiger partial charge is 0.321 e. The Labute approximate surface area is 124 Å². The third-order valence-electron chi connectivity index (χ3n) is 1.81. The molecule has 106 valence electrons. The Kier molecular flexibility index (Phi) is 7.17. The van der Waals surface area contributed by atoms with E-state index in [1.807, 2.05) is 20.1 Å². The monoisotopic (exact) mass is 320 g/mol. The summed E-state index contributed by atoms with van der Waals surface area (Å²) < 4.78 is 1.58. The number of nitrogens with zero attached hydrogens (tertiary/aromatic N) is 2. The number of hydrogen-bond acceptors (Lipinski definition) is 7. The lowest BCUT2D eigenvalue weighted by Gasteiger charge is -2.07. The molecule has 1 rings (SSSR count). The fourth-order valence-electron chi connectivity index (χ4n) is 0.969. The van der Waals surface area contributed by atoms with Crippen molar-refractivity contribution in [2.24, 2.45) is 5.92 Å². The first-order chi connectivity index (χ1) is 9.01. The summed E-state index contributed by atoms with van der Waals surface area (Å²) in [4.78, 5) is 22.8. The zero-order chi connectivity index (χ0) is 14.3. The summed E-state index contributed by atoms with van der Waals surface area (Å²) in [6.07, 6.45) is 1.92. The molecule has 0 saturated heterocycles. The summed E-state index contributed by atoms with van der Waals surface area (Å²) in [5.74, 6) is 0.159. The molecule has 0 aliphatic heterocycles. The van der Waals surface area contributed by atoms with Crippen molar-refractivity contribution in [2.45, 2.75) is 22.5 Å². The summed E-state index contributed by atoms with van der Waals surface area (Å²) >= 11 is 4.21. The van der Waals surface area contributed by atoms with Crippen molar-refractivity contribution in [2.75, 3.05) is 18.6 Å². The van der Waals surface area contributed by atoms with Crippen molar-refractivity contribution in [3.8, 4) is 0 Å². The van der Waals surface area contributed by atoms with Crippen LogP contribution in [0, 0.1) is 5.92 Å². The molecule has 3 amide bonds. The predicted molar refractivity (Wildman–Crippen MR) is 78.8 cm³/mol. The van der Waals surface area contributed by atoms with E-state index in [0.29, 0.717) is 12.5 Å². The van der Waals surface area contributed by atoms with Crippen molar-refractivity contribution >= 4 is 46.8 Å². The van der Waals surface area contributed by atoms with Gasteiger partial charge in [-0.2, -0.15) is 0 Å². The van der Waals surface area contributed by atoms with Gasteiger partial charge < -0.3 is 5.32 Å². The summed E-state index contributed by atoms with van der Waals surface area (Å²) in [5.41, 5.74) is 0. The van der Waals surface area contributed by atoms with Crippen LogP contribution in [0.1, 0.15) is 13.8 Å². The van der Waals surface area contributed by atoms with Gasteiger partial charge in [0.1, 0.15) is 0 Å². The van der Waals surface area contributed by atoms with Crippen molar-refractivity contribution in [1.29, 1.82) is 0 Å². The molecular formula is C10H16N4O2S3. The molecule has 0 spiro atoms. The minimum atomic E-state index is -0.457. The lowest BCUT2D eigenvalue weighted by atomic mass is 10.2. The lowest BCUT2D eigenvalue weighted by Crippen LogP contribution is -2.41. The molecule has 0 aliphatic carbocycles. The van der Waals surface area contributed by atoms with Crippen LogP contribution in [0.2, 0.25) is 0 Å². The molecule has 6 nitrogen and oxygen atoms in total. The Morgan fingerprint density at radius 1 is 1.32 bits per heavy atom. The fraction of sp³-hybridized carbons (Fsp3) is 0.600. The highest BCUT2D eigenvalue weighted by atomic mass is 32.2. The Bertz CT molecular complexity index is 436. The van der Waals surface area contributed by atoms with Gasteiger partial charge in [-0.05, 0) is 12.2 Å². The second kappa shape index (κ2) is 8.39. The lowest BCUT2D eigenvalue weighted by molar-refractivity contribution is -0.117. The molecule has 0 unspecified atom stereocenters. The van der Waals surface area contributed by atoms with Gasteiger partial charge >= 0.3 is 6.03 Å². The topological polar surface area (TPSA) is 84.0 Å². The largest absolute Gasteiger partial charge is 0.338 e. The quantitative estimate of drug-likeness (QED) is 0.778. The molecule has 0 radical (unpaired) electrons. The number of rotatable bonds is 6. The molecule has 2 N–H and O–H groups in total. The number of carbonyl (C=O) groups excluding carboxylic acids is 2. The number of imide groups is 1. The van der Waals surface area contributed by atoms with Crippen LogP contribution in [0.5, 0.6) is 0 Å². The van der Waals surface area contributed by atoms with Crippen molar-refractivity contribution in [3.05, 3.63) is 0 Å². The van der Waals surface area contributed by atoms with Crippen LogP contribution in [0.25, 0.3) is 0 Å². The van der Waals surface area contributed by atoms with E-state index in [1.165, 1.54) is 34.9 Å². The van der Waals surface area contributed by atoms with Gasteiger partial charge in [0.25, 0.3) is 0 Å². The van der Waals surface area contributed by atoms with E-state index in [4.69, 9.17) is 0 Å². The Balaban J connectivity index is 2.25. The second-order valence-corrected chi connectivity index (χ2v) is 7.23. The van der Waals surface area contributed by atoms with E-state index >= 15 is 0 Å². The van der Waals surface area contributed by atoms with Crippen LogP contribution in [0.15, 0.2) is 8.68 Å². The van der Waals surface area contributed by atoms with Crippen LogP contribution < -0.4 is 10.6 Å². The highest BCUT2D eigenvalue weighted by Gasteiger charge is 2.10. The van der Waals surface area contributed by atoms with E-state index in [1.54, 1.807) is 0 Å². The molecule has 1 heterocycles. The molecule has 19 heavy (non-hydrogen) atoms. The summed E-state index contributed by atoms with van der Waals surface area (Å²) in [7, 11) is 0. The van der Waals surface area contributed by atoms with E-state index < -0.39 is 6.03 Å². The van der Waals surface area contributed by atoms with Crippen LogP contribution >= 0.6 is 34.9 Å². The van der Waals surface area contributed by atoms with Crippen molar-refractivity contribution in [3.63, 3.8) is 0 Å². The molecular weight excluding hydrogens is 304 g/mol. The zero-order valence-electron chi connectivity index (χ0n) is 10.9. The van der Waals surface area contributed by atoms with E-state index in [0.717, 1.165) is 8.68 Å². The van der Waals surface area contributed by atoms with Gasteiger partial charge in [-0.3, -0.25) is 10.1 Å². The number of thioether (sulfide) groups is 2. The average molecular weight is 320 g/mol. The Morgan fingerprint density at radius 2 is 2.00 bits per heavy atom. The van der Waals surface area contributed by atoms with E-state index in [-0.39, 0.29) is 11.7 Å². The van der Waals surface area contributed by atoms with Gasteiger partial charge in [0.2, 0.25) is 5.91 Å². The van der Waals surface area contributed by atoms with Crippen LogP contribution in [0.3, 0.4) is 0 Å². The molecule has 0 bridgehead atoms. The van der Waals surface area contributed by atoms with Crippen molar-refractivity contribution in [1.82, 2.24) is 20.8 Å². The molecule has 0 saturated carbocycles. The van der Waals surface area contributed by atoms with Gasteiger partial charge in [-0.15, -0.1) is 10.2 Å². The van der Waals surface area contributed by atoms with Gasteiger partial charge in [0, 0.05) is 6.54 Å². The van der Waals surface area contributed by atoms with E-state index in [2.05, 4.69) is 20.8 Å². The summed E-state index contributed by atoms with van der Waals surface area (Å²) in [5, 5.41) is 12.7. The van der Waals surface area contributed by atoms with Gasteiger partial charge in [0.05, 0.1) is 5.75 Å². The maximum atomic E-state index is 11.5. The number of amides is 3. The maximum Gasteiger partial charge on any atom is 0.321 e. The number of urea groups is 1. The first-order valence-corrected chi connectivity index (χ1v) is 8.62. The first kappa shape index (κ1) is 16.3. The number of aromatic nitrogens is 2. The summed E-state index contributed by atoms with van der Waals surface area (Å²) in [6.45, 7) is 4.51. The molecule has 0 aliphatic rings. The third kappa shape index (κ3) is 6.79. The fourth-order valence-corrected chi connectivity index (χ4v) is 3.21. The minimum absolute atomic E-state index is 0.151. The van der Waals surface area contributed by atoms with E-state index in [9.17, 15) is 9.59 Å². The predicted octanol–water partition coefficient (Wildman–Crippen LogP) is 1.83. The average Bonchev–Trinajstić information content (AvgIpc) is 2.82.